The fourth-order valence-corrected chi connectivity index (χ4v) is 1.72. The summed E-state index contributed by atoms with van der Waals surface area (Å²) in [5.41, 5.74) is -0.579. The summed E-state index contributed by atoms with van der Waals surface area (Å²) < 4.78 is 10.4. The molecule has 5 heteroatoms. The minimum Gasteiger partial charge on any atom is -0.464 e. The van der Waals surface area contributed by atoms with E-state index in [1.165, 1.54) is 0 Å². The zero-order valence-corrected chi connectivity index (χ0v) is 13.2. The van der Waals surface area contributed by atoms with E-state index in [1.54, 1.807) is 20.8 Å². The summed E-state index contributed by atoms with van der Waals surface area (Å²) in [6, 6.07) is -0.636. The molecule has 0 aromatic heterocycles. The van der Waals surface area contributed by atoms with Crippen LogP contribution < -0.4 is 5.32 Å². The van der Waals surface area contributed by atoms with Gasteiger partial charge in [0.15, 0.2) is 0 Å². The zero-order chi connectivity index (χ0) is 15.3. The smallest absolute Gasteiger partial charge is 0.408 e. The van der Waals surface area contributed by atoms with Gasteiger partial charge in [0, 0.05) is 0 Å². The predicted octanol–water partition coefficient (Wildman–Crippen LogP) is 2.88. The van der Waals surface area contributed by atoms with Crippen LogP contribution in [-0.4, -0.2) is 30.3 Å². The number of hydrogen-bond donors (Lipinski definition) is 1. The first-order valence-electron chi connectivity index (χ1n) is 7.33. The van der Waals surface area contributed by atoms with E-state index in [4.69, 9.17) is 9.47 Å². The van der Waals surface area contributed by atoms with Crippen LogP contribution in [0.2, 0.25) is 0 Å². The van der Waals surface area contributed by atoms with Crippen molar-refractivity contribution < 1.29 is 19.1 Å². The maximum atomic E-state index is 12.0. The molecule has 1 amide bonds. The van der Waals surface area contributed by atoms with Gasteiger partial charge in [0.1, 0.15) is 11.6 Å². The second-order valence-electron chi connectivity index (χ2n) is 6.90. The number of amides is 1. The van der Waals surface area contributed by atoms with Crippen molar-refractivity contribution in [1.29, 1.82) is 0 Å². The van der Waals surface area contributed by atoms with E-state index in [0.717, 1.165) is 12.8 Å². The second kappa shape index (κ2) is 6.95. The van der Waals surface area contributed by atoms with Crippen molar-refractivity contribution in [2.24, 2.45) is 11.8 Å². The van der Waals surface area contributed by atoms with Gasteiger partial charge in [-0.05, 0) is 51.9 Å². The SMILES string of the molecule is CC(C)CC(NC(=O)OC(C)(C)C)C(=O)OCC1CC1. The molecule has 0 bridgehead atoms. The largest absolute Gasteiger partial charge is 0.464 e. The van der Waals surface area contributed by atoms with Crippen LogP contribution in [0.3, 0.4) is 0 Å². The molecule has 1 unspecified atom stereocenters. The van der Waals surface area contributed by atoms with Gasteiger partial charge in [-0.1, -0.05) is 13.8 Å². The number of ether oxygens (including phenoxy) is 2. The van der Waals surface area contributed by atoms with E-state index < -0.39 is 17.7 Å². The Hall–Kier alpha value is -1.26. The number of alkyl carbamates (subject to hydrolysis) is 1. The molecule has 1 aliphatic carbocycles. The van der Waals surface area contributed by atoms with Crippen molar-refractivity contribution in [1.82, 2.24) is 5.32 Å². The van der Waals surface area contributed by atoms with Crippen LogP contribution in [-0.2, 0) is 14.3 Å². The molecule has 1 N–H and O–H groups in total. The third kappa shape index (κ3) is 7.36. The topological polar surface area (TPSA) is 64.6 Å². The molecule has 0 spiro atoms. The van der Waals surface area contributed by atoms with Gasteiger partial charge in [-0.3, -0.25) is 0 Å². The van der Waals surface area contributed by atoms with Crippen molar-refractivity contribution in [3.05, 3.63) is 0 Å². The van der Waals surface area contributed by atoms with Crippen molar-refractivity contribution in [2.75, 3.05) is 6.61 Å². The lowest BCUT2D eigenvalue weighted by Gasteiger charge is -2.23. The Morgan fingerprint density at radius 3 is 2.30 bits per heavy atom. The normalized spacial score (nSPS) is 16.7. The molecule has 0 aromatic rings. The van der Waals surface area contributed by atoms with E-state index in [-0.39, 0.29) is 11.9 Å². The summed E-state index contributed by atoms with van der Waals surface area (Å²) in [5.74, 6) is 0.431. The fourth-order valence-electron chi connectivity index (χ4n) is 1.72. The average Bonchev–Trinajstić information content (AvgIpc) is 3.05. The Kier molecular flexibility index (Phi) is 5.84. The lowest BCUT2D eigenvalue weighted by Crippen LogP contribution is -2.45. The van der Waals surface area contributed by atoms with Gasteiger partial charge in [-0.2, -0.15) is 0 Å². The molecule has 1 fully saturated rings. The van der Waals surface area contributed by atoms with Gasteiger partial charge in [0.2, 0.25) is 0 Å². The number of esters is 1. The molecule has 1 saturated carbocycles. The standard InChI is InChI=1S/C15H27NO4/c1-10(2)8-12(13(17)19-9-11-6-7-11)16-14(18)20-15(3,4)5/h10-12H,6-9H2,1-5H3,(H,16,18). The molecule has 1 rings (SSSR count). The minimum absolute atomic E-state index is 0.281. The summed E-state index contributed by atoms with van der Waals surface area (Å²) in [6.45, 7) is 9.82. The molecular weight excluding hydrogens is 258 g/mol. The number of rotatable bonds is 6. The Labute approximate surface area is 121 Å². The van der Waals surface area contributed by atoms with Gasteiger partial charge in [0.25, 0.3) is 0 Å². The van der Waals surface area contributed by atoms with E-state index in [9.17, 15) is 9.59 Å². The number of nitrogens with one attached hydrogen (secondary N) is 1. The van der Waals surface area contributed by atoms with Gasteiger partial charge in [0.05, 0.1) is 6.61 Å². The van der Waals surface area contributed by atoms with Crippen LogP contribution in [0.15, 0.2) is 0 Å². The summed E-state index contributed by atoms with van der Waals surface area (Å²) in [6.07, 6.45) is 2.22. The van der Waals surface area contributed by atoms with Gasteiger partial charge < -0.3 is 14.8 Å². The van der Waals surface area contributed by atoms with Crippen LogP contribution in [0.4, 0.5) is 4.79 Å². The van der Waals surface area contributed by atoms with Gasteiger partial charge >= 0.3 is 12.1 Å². The third-order valence-corrected chi connectivity index (χ3v) is 2.84. The van der Waals surface area contributed by atoms with Crippen LogP contribution in [0.25, 0.3) is 0 Å². The summed E-state index contributed by atoms with van der Waals surface area (Å²) >= 11 is 0. The van der Waals surface area contributed by atoms with Crippen molar-refractivity contribution >= 4 is 12.1 Å². The Balaban J connectivity index is 2.48. The van der Waals surface area contributed by atoms with Crippen LogP contribution in [0.1, 0.15) is 53.9 Å². The van der Waals surface area contributed by atoms with E-state index in [1.807, 2.05) is 13.8 Å². The molecule has 0 aliphatic heterocycles. The monoisotopic (exact) mass is 285 g/mol. The van der Waals surface area contributed by atoms with Crippen molar-refractivity contribution in [3.63, 3.8) is 0 Å². The lowest BCUT2D eigenvalue weighted by molar-refractivity contribution is -0.147. The summed E-state index contributed by atoms with van der Waals surface area (Å²) in [4.78, 5) is 23.8. The van der Waals surface area contributed by atoms with Crippen LogP contribution >= 0.6 is 0 Å². The van der Waals surface area contributed by atoms with Crippen LogP contribution in [0.5, 0.6) is 0 Å². The highest BCUT2D eigenvalue weighted by molar-refractivity contribution is 5.81. The second-order valence-corrected chi connectivity index (χ2v) is 6.90. The zero-order valence-electron chi connectivity index (χ0n) is 13.2. The van der Waals surface area contributed by atoms with Gasteiger partial charge in [-0.25, -0.2) is 9.59 Å². The molecule has 0 aromatic carbocycles. The van der Waals surface area contributed by atoms with Crippen LogP contribution in [0, 0.1) is 11.8 Å². The summed E-state index contributed by atoms with van der Waals surface area (Å²) in [5, 5.41) is 2.61. The highest BCUT2D eigenvalue weighted by atomic mass is 16.6. The van der Waals surface area contributed by atoms with E-state index in [0.29, 0.717) is 18.9 Å². The predicted molar refractivity (Wildman–Crippen MR) is 76.3 cm³/mol. The quantitative estimate of drug-likeness (QED) is 0.762. The first kappa shape index (κ1) is 16.8. The van der Waals surface area contributed by atoms with E-state index in [2.05, 4.69) is 5.32 Å². The Morgan fingerprint density at radius 2 is 1.85 bits per heavy atom. The number of carbonyl (C=O) groups excluding carboxylic acids is 2. The first-order chi connectivity index (χ1) is 9.17. The minimum atomic E-state index is -0.636. The molecule has 5 nitrogen and oxygen atoms in total. The highest BCUT2D eigenvalue weighted by Gasteiger charge is 2.29. The summed E-state index contributed by atoms with van der Waals surface area (Å²) in [7, 11) is 0. The molecule has 1 aliphatic rings. The highest BCUT2D eigenvalue weighted by Crippen LogP contribution is 2.29. The number of hydrogen-bond acceptors (Lipinski definition) is 4. The maximum Gasteiger partial charge on any atom is 0.408 e. The molecule has 116 valence electrons. The molecule has 20 heavy (non-hydrogen) atoms. The molecule has 0 radical (unpaired) electrons. The molecular formula is C15H27NO4. The molecule has 0 heterocycles. The molecule has 1 atom stereocenters. The fraction of sp³-hybridized carbons (Fsp3) is 0.867. The maximum absolute atomic E-state index is 12.0. The average molecular weight is 285 g/mol. The Bertz CT molecular complexity index is 342. The number of carbonyl (C=O) groups is 2. The van der Waals surface area contributed by atoms with Crippen molar-refractivity contribution in [2.45, 2.75) is 65.5 Å². The lowest BCUT2D eigenvalue weighted by atomic mass is 10.0. The molecule has 0 saturated heterocycles. The Morgan fingerprint density at radius 1 is 1.25 bits per heavy atom. The third-order valence-electron chi connectivity index (χ3n) is 2.84. The first-order valence-corrected chi connectivity index (χ1v) is 7.33. The van der Waals surface area contributed by atoms with E-state index >= 15 is 0 Å². The van der Waals surface area contributed by atoms with Gasteiger partial charge in [-0.15, -0.1) is 0 Å². The van der Waals surface area contributed by atoms with Crippen molar-refractivity contribution in [3.8, 4) is 0 Å².